The van der Waals surface area contributed by atoms with Crippen molar-refractivity contribution in [1.82, 2.24) is 0 Å². The van der Waals surface area contributed by atoms with Gasteiger partial charge in [0.15, 0.2) is 11.9 Å². The molecule has 6 atom stereocenters. The Balaban J connectivity index is 1.32. The van der Waals surface area contributed by atoms with Crippen molar-refractivity contribution in [2.75, 3.05) is 4.90 Å². The second kappa shape index (κ2) is 6.79. The maximum absolute atomic E-state index is 13.4. The zero-order chi connectivity index (χ0) is 23.0. The van der Waals surface area contributed by atoms with E-state index in [-0.39, 0.29) is 23.3 Å². The lowest BCUT2D eigenvalue weighted by Gasteiger charge is -2.26. The average Bonchev–Trinajstić information content (AvgIpc) is 3.54. The van der Waals surface area contributed by atoms with E-state index in [9.17, 15) is 24.5 Å². The third-order valence-corrected chi connectivity index (χ3v) is 6.93. The van der Waals surface area contributed by atoms with Crippen molar-refractivity contribution in [1.29, 1.82) is 0 Å². The number of nitrogens with zero attached hydrogens (tertiary/aromatic N) is 3. The topological polar surface area (TPSA) is 128 Å². The number of ether oxygens (including phenoxy) is 1. The monoisotopic (exact) mass is 447 g/mol. The number of benzene rings is 2. The largest absolute Gasteiger partial charge is 0.389 e. The normalized spacial score (nSPS) is 31.3. The van der Waals surface area contributed by atoms with Crippen LogP contribution in [0.2, 0.25) is 0 Å². The second-order valence-corrected chi connectivity index (χ2v) is 8.61. The first kappa shape index (κ1) is 19.7. The van der Waals surface area contributed by atoms with E-state index in [1.165, 1.54) is 19.1 Å². The van der Waals surface area contributed by atoms with Crippen LogP contribution < -0.4 is 4.90 Å². The average molecular weight is 447 g/mol. The maximum Gasteiger partial charge on any atom is 0.270 e. The summed E-state index contributed by atoms with van der Waals surface area (Å²) in [5.74, 6) is -2.62. The highest BCUT2D eigenvalue weighted by molar-refractivity contribution is 6.23. The molecule has 6 unspecified atom stereocenters. The number of rotatable bonds is 4. The first-order chi connectivity index (χ1) is 15.9. The molecule has 0 N–H and O–H groups in total. The number of nitro groups is 1. The molecule has 0 spiro atoms. The zero-order valence-corrected chi connectivity index (χ0v) is 17.3. The van der Waals surface area contributed by atoms with Crippen molar-refractivity contribution >= 4 is 34.7 Å². The van der Waals surface area contributed by atoms with Crippen LogP contribution in [0, 0.1) is 27.9 Å². The van der Waals surface area contributed by atoms with Gasteiger partial charge in [-0.05, 0) is 31.2 Å². The van der Waals surface area contributed by atoms with Crippen LogP contribution in [0.15, 0.2) is 53.7 Å². The first-order valence-corrected chi connectivity index (χ1v) is 10.5. The van der Waals surface area contributed by atoms with E-state index in [0.717, 1.165) is 4.90 Å². The van der Waals surface area contributed by atoms with E-state index in [1.807, 2.05) is 0 Å². The Kier molecular flexibility index (Phi) is 4.06. The number of nitro benzene ring substituents is 1. The number of non-ortho nitro benzene ring substituents is 1. The van der Waals surface area contributed by atoms with Crippen molar-refractivity contribution in [3.63, 3.8) is 0 Å². The zero-order valence-electron chi connectivity index (χ0n) is 17.3. The molecule has 0 aromatic heterocycles. The minimum Gasteiger partial charge on any atom is -0.389 e. The number of Topliss-reactive ketones (excluding diaryl/α,β-unsaturated/α-hetero) is 1. The van der Waals surface area contributed by atoms with E-state index < -0.39 is 41.0 Å². The molecule has 4 aliphatic rings. The number of anilines is 1. The summed E-state index contributed by atoms with van der Waals surface area (Å²) in [6.07, 6.45) is -1.80. The molecule has 2 bridgehead atoms. The third kappa shape index (κ3) is 2.64. The van der Waals surface area contributed by atoms with Gasteiger partial charge in [-0.2, -0.15) is 0 Å². The van der Waals surface area contributed by atoms with Crippen molar-refractivity contribution in [2.45, 2.75) is 25.2 Å². The van der Waals surface area contributed by atoms with Crippen molar-refractivity contribution in [3.05, 3.63) is 69.8 Å². The number of ketones is 1. The summed E-state index contributed by atoms with van der Waals surface area (Å²) >= 11 is 0. The Morgan fingerprint density at radius 3 is 2.36 bits per heavy atom. The van der Waals surface area contributed by atoms with Gasteiger partial charge >= 0.3 is 0 Å². The maximum atomic E-state index is 13.4. The summed E-state index contributed by atoms with van der Waals surface area (Å²) in [4.78, 5) is 55.7. The third-order valence-electron chi connectivity index (χ3n) is 6.93. The van der Waals surface area contributed by atoms with Gasteiger partial charge < -0.3 is 9.57 Å². The highest BCUT2D eigenvalue weighted by Gasteiger charge is 2.72. The fraction of sp³-hybridized carbons (Fsp3) is 0.304. The van der Waals surface area contributed by atoms with E-state index in [4.69, 9.17) is 9.57 Å². The molecule has 0 aliphatic carbocycles. The number of carbonyl (C=O) groups excluding carboxylic acids is 3. The van der Waals surface area contributed by atoms with E-state index in [1.54, 1.807) is 36.4 Å². The Morgan fingerprint density at radius 1 is 1.00 bits per heavy atom. The van der Waals surface area contributed by atoms with Gasteiger partial charge in [0, 0.05) is 23.3 Å². The number of fused-ring (bicyclic) bond motifs is 8. The molecule has 166 valence electrons. The molecule has 2 aromatic rings. The molecule has 10 heteroatoms. The second-order valence-electron chi connectivity index (χ2n) is 8.61. The number of amides is 2. The highest BCUT2D eigenvalue weighted by Crippen LogP contribution is 2.55. The Hall–Kier alpha value is -3.92. The molecule has 3 saturated heterocycles. The van der Waals surface area contributed by atoms with Gasteiger partial charge in [0.2, 0.25) is 11.8 Å². The molecule has 6 rings (SSSR count). The minimum atomic E-state index is -0.693. The van der Waals surface area contributed by atoms with Gasteiger partial charge in [-0.15, -0.1) is 0 Å². The summed E-state index contributed by atoms with van der Waals surface area (Å²) in [5, 5.41) is 15.3. The lowest BCUT2D eigenvalue weighted by Crippen LogP contribution is -2.45. The highest BCUT2D eigenvalue weighted by atomic mass is 16.7. The van der Waals surface area contributed by atoms with Crippen LogP contribution in [0.1, 0.15) is 22.8 Å². The summed E-state index contributed by atoms with van der Waals surface area (Å²) in [6.45, 7) is 1.44. The van der Waals surface area contributed by atoms with Gasteiger partial charge in [0.25, 0.3) is 5.69 Å². The Labute approximate surface area is 186 Å². The van der Waals surface area contributed by atoms with Gasteiger partial charge in [0.1, 0.15) is 6.10 Å². The molecule has 0 saturated carbocycles. The van der Waals surface area contributed by atoms with Crippen LogP contribution in [-0.2, 0) is 19.2 Å². The summed E-state index contributed by atoms with van der Waals surface area (Å²) in [5.41, 5.74) is 1.83. The number of imide groups is 1. The number of carbonyl (C=O) groups is 3. The van der Waals surface area contributed by atoms with Gasteiger partial charge in [-0.3, -0.25) is 24.5 Å². The Bertz CT molecular complexity index is 1270. The molecule has 10 nitrogen and oxygen atoms in total. The molecule has 4 heterocycles. The van der Waals surface area contributed by atoms with Crippen LogP contribution >= 0.6 is 0 Å². The number of hydrogen-bond acceptors (Lipinski definition) is 8. The SMILES string of the molecule is CC(=O)c1ccc(N2C(=O)C3C4OC(C5C(c6cccc([N+](=O)[O-])c6)=NOC45)C3C2=O)cc1. The molecule has 4 aliphatic heterocycles. The summed E-state index contributed by atoms with van der Waals surface area (Å²) < 4.78 is 6.06. The van der Waals surface area contributed by atoms with E-state index in [0.29, 0.717) is 22.5 Å². The molecular weight excluding hydrogens is 430 g/mol. The van der Waals surface area contributed by atoms with Crippen LogP contribution in [-0.4, -0.2) is 46.5 Å². The summed E-state index contributed by atoms with van der Waals surface area (Å²) in [6, 6.07) is 12.4. The molecule has 33 heavy (non-hydrogen) atoms. The molecule has 2 amide bonds. The molecule has 3 fully saturated rings. The molecule has 2 aromatic carbocycles. The number of oxime groups is 1. The Morgan fingerprint density at radius 2 is 1.70 bits per heavy atom. The van der Waals surface area contributed by atoms with Crippen LogP contribution in [0.4, 0.5) is 11.4 Å². The van der Waals surface area contributed by atoms with Crippen LogP contribution in [0.25, 0.3) is 0 Å². The fourth-order valence-corrected chi connectivity index (χ4v) is 5.47. The fourth-order valence-electron chi connectivity index (χ4n) is 5.47. The lowest BCUT2D eigenvalue weighted by molar-refractivity contribution is -0.384. The predicted octanol–water partition coefficient (Wildman–Crippen LogP) is 2.10. The van der Waals surface area contributed by atoms with Crippen molar-refractivity contribution < 1.29 is 28.9 Å². The van der Waals surface area contributed by atoms with Crippen molar-refractivity contribution in [3.8, 4) is 0 Å². The summed E-state index contributed by atoms with van der Waals surface area (Å²) in [7, 11) is 0. The van der Waals surface area contributed by atoms with Gasteiger partial charge in [0.05, 0.1) is 40.2 Å². The predicted molar refractivity (Wildman–Crippen MR) is 113 cm³/mol. The standard InChI is InChI=1S/C23H17N3O7/c1-10(27)11-5-7-13(8-6-11)25-22(28)15-16(23(25)29)20-21-17(19(15)32-20)18(24-33-21)12-3-2-4-14(9-12)26(30)31/h2-9,15-17,19-21H,1H3. The minimum absolute atomic E-state index is 0.0760. The molecular formula is C23H17N3O7. The first-order valence-electron chi connectivity index (χ1n) is 10.5. The van der Waals surface area contributed by atoms with Crippen LogP contribution in [0.3, 0.4) is 0 Å². The quantitative estimate of drug-likeness (QED) is 0.304. The van der Waals surface area contributed by atoms with Gasteiger partial charge in [-0.1, -0.05) is 17.3 Å². The van der Waals surface area contributed by atoms with E-state index >= 15 is 0 Å². The van der Waals surface area contributed by atoms with Gasteiger partial charge in [-0.25, -0.2) is 4.90 Å². The lowest BCUT2D eigenvalue weighted by atomic mass is 9.71. The molecule has 0 radical (unpaired) electrons. The number of hydrogen-bond donors (Lipinski definition) is 0. The van der Waals surface area contributed by atoms with Crippen molar-refractivity contribution in [2.24, 2.45) is 22.9 Å². The smallest absolute Gasteiger partial charge is 0.270 e. The van der Waals surface area contributed by atoms with Crippen LogP contribution in [0.5, 0.6) is 0 Å². The van der Waals surface area contributed by atoms with E-state index in [2.05, 4.69) is 5.16 Å².